The Morgan fingerprint density at radius 1 is 0.300 bits per heavy atom. The molecular weight excluding hydrogens is 605 g/mol. The molecule has 0 spiro atoms. The maximum absolute atomic E-state index is 2.56. The lowest BCUT2D eigenvalue weighted by Gasteiger charge is -2.16. The van der Waals surface area contributed by atoms with Crippen LogP contribution in [0, 0.1) is 0 Å². The van der Waals surface area contributed by atoms with Crippen LogP contribution < -0.4 is 0 Å². The van der Waals surface area contributed by atoms with E-state index in [4.69, 9.17) is 0 Å². The number of nitrogens with zero attached hydrogens (tertiary/aromatic N) is 2. The smallest absolute Gasteiger partial charge is 0.0554 e. The van der Waals surface area contributed by atoms with Gasteiger partial charge in [0.2, 0.25) is 0 Å². The minimum absolute atomic E-state index is 1.18. The summed E-state index contributed by atoms with van der Waals surface area (Å²) in [4.78, 5) is 0. The Kier molecular flexibility index (Phi) is 5.00. The fourth-order valence-electron chi connectivity index (χ4n) is 9.24. The van der Waals surface area contributed by atoms with Gasteiger partial charge >= 0.3 is 0 Å². The molecule has 0 saturated heterocycles. The monoisotopic (exact) mass is 632 g/mol. The first-order valence-corrected chi connectivity index (χ1v) is 17.4. The summed E-state index contributed by atoms with van der Waals surface area (Å²) < 4.78 is 5.03. The van der Waals surface area contributed by atoms with Gasteiger partial charge in [0.1, 0.15) is 0 Å². The third-order valence-corrected chi connectivity index (χ3v) is 11.2. The van der Waals surface area contributed by atoms with E-state index in [1.54, 1.807) is 0 Å². The lowest BCUT2D eigenvalue weighted by Crippen LogP contribution is -1.97. The van der Waals surface area contributed by atoms with E-state index in [-0.39, 0.29) is 0 Å². The van der Waals surface area contributed by atoms with Crippen LogP contribution in [-0.2, 0) is 0 Å². The van der Waals surface area contributed by atoms with Gasteiger partial charge < -0.3 is 9.13 Å². The van der Waals surface area contributed by atoms with Gasteiger partial charge in [-0.25, -0.2) is 0 Å². The molecule has 2 heterocycles. The molecule has 0 N–H and O–H groups in total. The van der Waals surface area contributed by atoms with Crippen molar-refractivity contribution in [2.75, 3.05) is 0 Å². The normalized spacial score (nSPS) is 12.4. The van der Waals surface area contributed by atoms with Crippen molar-refractivity contribution >= 4 is 75.9 Å². The lowest BCUT2D eigenvalue weighted by molar-refractivity contribution is 1.18. The van der Waals surface area contributed by atoms with E-state index in [0.29, 0.717) is 0 Å². The fraction of sp³-hybridized carbons (Fsp3) is 0. The third-order valence-electron chi connectivity index (χ3n) is 11.2. The standard InChI is InChI=1S/C48H28N2/c1-3-13-29(14-4-1)38-28-43-48-45-36(22-12-24-40(45)50(43)42-27-30-15-7-8-18-32(30)33-19-9-10-20-34(33)42)35-21-11-23-39-44(35)47-41(26-25-37(38)46(47)48)49(39)31-16-5-2-6-17-31/h1-28H. The number of hydrogen-bond donors (Lipinski definition) is 0. The zero-order valence-corrected chi connectivity index (χ0v) is 27.1. The quantitative estimate of drug-likeness (QED) is 0.172. The Balaban J connectivity index is 1.38. The molecule has 2 nitrogen and oxygen atoms in total. The molecule has 2 aromatic heterocycles. The van der Waals surface area contributed by atoms with Gasteiger partial charge in [0.25, 0.3) is 0 Å². The Hall–Kier alpha value is -6.64. The highest BCUT2D eigenvalue weighted by molar-refractivity contribution is 6.40. The summed E-state index contributed by atoms with van der Waals surface area (Å²) in [5.41, 5.74) is 12.4. The first kappa shape index (κ1) is 26.3. The zero-order chi connectivity index (χ0) is 32.5. The maximum Gasteiger partial charge on any atom is 0.0554 e. The van der Waals surface area contributed by atoms with Crippen LogP contribution in [0.2, 0.25) is 0 Å². The molecule has 0 saturated carbocycles. The highest BCUT2D eigenvalue weighted by Crippen LogP contribution is 2.53. The molecule has 0 aliphatic heterocycles. The minimum atomic E-state index is 1.18. The molecule has 12 rings (SSSR count). The van der Waals surface area contributed by atoms with E-state index in [1.807, 2.05) is 0 Å². The number of benzene rings is 9. The van der Waals surface area contributed by atoms with E-state index in [2.05, 4.69) is 179 Å². The van der Waals surface area contributed by atoms with Gasteiger partial charge in [0, 0.05) is 38.0 Å². The Labute approximate surface area is 287 Å². The SMILES string of the molecule is c1ccc(-c2cc3c4c5c(cccc5n3-c3cc5ccccc5c5ccccc35)-c3cccc5c3c3c4c2ccc3n5-c2ccccc2)cc1. The van der Waals surface area contributed by atoms with Gasteiger partial charge in [0.15, 0.2) is 0 Å². The van der Waals surface area contributed by atoms with Crippen molar-refractivity contribution in [3.05, 3.63) is 170 Å². The van der Waals surface area contributed by atoms with E-state index in [0.717, 1.165) is 0 Å². The molecule has 2 heteroatoms. The molecule has 0 unspecified atom stereocenters. The molecule has 11 aromatic rings. The molecule has 0 atom stereocenters. The van der Waals surface area contributed by atoms with Crippen LogP contribution in [-0.4, -0.2) is 9.13 Å². The van der Waals surface area contributed by atoms with E-state index < -0.39 is 0 Å². The van der Waals surface area contributed by atoms with Crippen LogP contribution in [0.3, 0.4) is 0 Å². The van der Waals surface area contributed by atoms with Crippen molar-refractivity contribution in [1.82, 2.24) is 9.13 Å². The summed E-state index contributed by atoms with van der Waals surface area (Å²) >= 11 is 0. The predicted octanol–water partition coefficient (Wildman–Crippen LogP) is 13.0. The largest absolute Gasteiger partial charge is 0.309 e. The van der Waals surface area contributed by atoms with Crippen molar-refractivity contribution < 1.29 is 0 Å². The fourth-order valence-corrected chi connectivity index (χ4v) is 9.24. The van der Waals surface area contributed by atoms with Crippen LogP contribution in [0.15, 0.2) is 170 Å². The second kappa shape index (κ2) is 9.49. The first-order chi connectivity index (χ1) is 24.8. The Morgan fingerprint density at radius 2 is 0.900 bits per heavy atom. The minimum Gasteiger partial charge on any atom is -0.309 e. The van der Waals surface area contributed by atoms with Gasteiger partial charge in [0.05, 0.1) is 27.8 Å². The average Bonchev–Trinajstić information content (AvgIpc) is 3.66. The summed E-state index contributed by atoms with van der Waals surface area (Å²) in [6, 6.07) is 62.9. The molecule has 1 aliphatic carbocycles. The zero-order valence-electron chi connectivity index (χ0n) is 27.1. The Bertz CT molecular complexity index is 3230. The number of rotatable bonds is 3. The molecule has 0 fully saturated rings. The van der Waals surface area contributed by atoms with Crippen LogP contribution in [0.4, 0.5) is 0 Å². The molecule has 0 radical (unpaired) electrons. The molecule has 0 amide bonds. The molecule has 50 heavy (non-hydrogen) atoms. The van der Waals surface area contributed by atoms with Crippen LogP contribution in [0.5, 0.6) is 0 Å². The van der Waals surface area contributed by atoms with Gasteiger partial charge in [-0.15, -0.1) is 0 Å². The van der Waals surface area contributed by atoms with Crippen molar-refractivity contribution in [2.45, 2.75) is 0 Å². The van der Waals surface area contributed by atoms with E-state index >= 15 is 0 Å². The molecule has 0 bridgehead atoms. The van der Waals surface area contributed by atoms with Gasteiger partial charge in [-0.3, -0.25) is 0 Å². The summed E-state index contributed by atoms with van der Waals surface area (Å²) in [7, 11) is 0. The summed E-state index contributed by atoms with van der Waals surface area (Å²) in [5.74, 6) is 0. The second-order valence-corrected chi connectivity index (χ2v) is 13.6. The summed E-state index contributed by atoms with van der Waals surface area (Å²) in [6.45, 7) is 0. The highest BCUT2D eigenvalue weighted by atomic mass is 15.0. The third kappa shape index (κ3) is 3.23. The van der Waals surface area contributed by atoms with E-state index in [9.17, 15) is 0 Å². The predicted molar refractivity (Wildman–Crippen MR) is 212 cm³/mol. The van der Waals surface area contributed by atoms with Crippen molar-refractivity contribution in [3.8, 4) is 33.6 Å². The van der Waals surface area contributed by atoms with Gasteiger partial charge in [-0.1, -0.05) is 127 Å². The first-order valence-electron chi connectivity index (χ1n) is 17.4. The topological polar surface area (TPSA) is 9.86 Å². The van der Waals surface area contributed by atoms with Crippen LogP contribution >= 0.6 is 0 Å². The van der Waals surface area contributed by atoms with Crippen LogP contribution in [0.1, 0.15) is 0 Å². The number of para-hydroxylation sites is 1. The number of aromatic nitrogens is 2. The van der Waals surface area contributed by atoms with Crippen molar-refractivity contribution in [1.29, 1.82) is 0 Å². The maximum atomic E-state index is 2.56. The molecule has 230 valence electrons. The average molecular weight is 633 g/mol. The molecular formula is C48H28N2. The van der Waals surface area contributed by atoms with Crippen LogP contribution in [0.25, 0.3) is 110 Å². The van der Waals surface area contributed by atoms with E-state index in [1.165, 1.54) is 110 Å². The molecule has 1 aliphatic rings. The number of fused-ring (bicyclic) bond motifs is 4. The van der Waals surface area contributed by atoms with Crippen molar-refractivity contribution in [3.63, 3.8) is 0 Å². The Morgan fingerprint density at radius 3 is 1.66 bits per heavy atom. The van der Waals surface area contributed by atoms with Gasteiger partial charge in [-0.05, 0) is 86.3 Å². The van der Waals surface area contributed by atoms with Gasteiger partial charge in [-0.2, -0.15) is 0 Å². The summed E-state index contributed by atoms with van der Waals surface area (Å²) in [6.07, 6.45) is 0. The second-order valence-electron chi connectivity index (χ2n) is 13.6. The highest BCUT2D eigenvalue weighted by Gasteiger charge is 2.28. The number of hydrogen-bond acceptors (Lipinski definition) is 0. The van der Waals surface area contributed by atoms with Crippen molar-refractivity contribution in [2.24, 2.45) is 0 Å². The lowest BCUT2D eigenvalue weighted by atomic mass is 9.93. The molecule has 9 aromatic carbocycles. The summed E-state index contributed by atoms with van der Waals surface area (Å²) in [5, 5.41) is 13.0.